The summed E-state index contributed by atoms with van der Waals surface area (Å²) in [6.07, 6.45) is 0.210. The van der Waals surface area contributed by atoms with Gasteiger partial charge in [-0.1, -0.05) is 36.4 Å². The first-order chi connectivity index (χ1) is 12.9. The lowest BCUT2D eigenvalue weighted by atomic mass is 9.95. The van der Waals surface area contributed by atoms with E-state index < -0.39 is 29.6 Å². The van der Waals surface area contributed by atoms with Crippen LogP contribution in [0, 0.1) is 0 Å². The van der Waals surface area contributed by atoms with Gasteiger partial charge in [0.25, 0.3) is 5.91 Å². The van der Waals surface area contributed by atoms with E-state index in [9.17, 15) is 24.6 Å². The van der Waals surface area contributed by atoms with E-state index in [4.69, 9.17) is 4.74 Å². The summed E-state index contributed by atoms with van der Waals surface area (Å²) in [7, 11) is 0. The highest BCUT2D eigenvalue weighted by Gasteiger charge is 2.30. The quantitative estimate of drug-likeness (QED) is 0.694. The zero-order chi connectivity index (χ0) is 19.6. The minimum Gasteiger partial charge on any atom is -0.506 e. The Morgan fingerprint density at radius 2 is 1.93 bits per heavy atom. The van der Waals surface area contributed by atoms with Gasteiger partial charge in [0.2, 0.25) is 0 Å². The molecule has 0 radical (unpaired) electrons. The lowest BCUT2D eigenvalue weighted by Gasteiger charge is -2.23. The second kappa shape index (κ2) is 7.49. The normalized spacial score (nSPS) is 16.8. The average Bonchev–Trinajstić information content (AvgIpc) is 2.61. The summed E-state index contributed by atoms with van der Waals surface area (Å²) in [5.41, 5.74) is 1.12. The van der Waals surface area contributed by atoms with E-state index in [1.807, 2.05) is 6.07 Å². The van der Waals surface area contributed by atoms with Gasteiger partial charge in [-0.3, -0.25) is 4.79 Å². The van der Waals surface area contributed by atoms with Crippen LogP contribution in [-0.2, 0) is 22.4 Å². The Morgan fingerprint density at radius 1 is 1.22 bits per heavy atom. The molecule has 0 unspecified atom stereocenters. The third-order valence-electron chi connectivity index (χ3n) is 4.41. The van der Waals surface area contributed by atoms with Gasteiger partial charge in [-0.25, -0.2) is 9.59 Å². The van der Waals surface area contributed by atoms with Crippen LogP contribution >= 0.6 is 0 Å². The number of carbonyl (C=O) groups excluding carboxylic acids is 2. The van der Waals surface area contributed by atoms with Crippen LogP contribution in [0.5, 0.6) is 5.75 Å². The maximum absolute atomic E-state index is 12.5. The molecule has 1 aliphatic heterocycles. The van der Waals surface area contributed by atoms with E-state index in [2.05, 4.69) is 5.32 Å². The predicted octanol–water partition coefficient (Wildman–Crippen LogP) is 1.92. The van der Waals surface area contributed by atoms with Gasteiger partial charge in [-0.15, -0.1) is 0 Å². The van der Waals surface area contributed by atoms with Gasteiger partial charge in [0, 0.05) is 12.8 Å². The van der Waals surface area contributed by atoms with Crippen LogP contribution in [0.2, 0.25) is 0 Å². The predicted molar refractivity (Wildman–Crippen MR) is 95.7 cm³/mol. The molecule has 2 aromatic carbocycles. The van der Waals surface area contributed by atoms with Gasteiger partial charge in [-0.05, 0) is 24.1 Å². The Morgan fingerprint density at radius 3 is 2.59 bits per heavy atom. The molecule has 1 heterocycles. The Bertz CT molecular complexity index is 893. The Labute approximate surface area is 155 Å². The Hall–Kier alpha value is -3.35. The summed E-state index contributed by atoms with van der Waals surface area (Å²) < 4.78 is 5.10. The number of hydrogen-bond donors (Lipinski definition) is 3. The number of aromatic hydroxyl groups is 1. The van der Waals surface area contributed by atoms with Crippen molar-refractivity contribution in [2.24, 2.45) is 0 Å². The van der Waals surface area contributed by atoms with Crippen LogP contribution in [0.4, 0.5) is 0 Å². The van der Waals surface area contributed by atoms with Crippen molar-refractivity contribution in [1.82, 2.24) is 5.32 Å². The second-order valence-corrected chi connectivity index (χ2v) is 6.47. The zero-order valence-corrected chi connectivity index (χ0v) is 14.6. The smallest absolute Gasteiger partial charge is 0.342 e. The number of phenolic OH excluding ortho intramolecular Hbond substituents is 1. The van der Waals surface area contributed by atoms with Crippen molar-refractivity contribution in [2.45, 2.75) is 31.9 Å². The fourth-order valence-corrected chi connectivity index (χ4v) is 3.09. The number of rotatable bonds is 5. The van der Waals surface area contributed by atoms with E-state index in [0.29, 0.717) is 12.0 Å². The zero-order valence-electron chi connectivity index (χ0n) is 14.6. The van der Waals surface area contributed by atoms with Crippen LogP contribution < -0.4 is 5.32 Å². The van der Waals surface area contributed by atoms with Crippen LogP contribution in [0.15, 0.2) is 42.5 Å². The number of carboxylic acid groups (broad SMARTS) is 1. The standard InChI is InChI=1S/C20H19NO6/c1-11-9-13-7-8-14(17(22)16(13)20(26)27-11)18(23)21-15(19(24)25)10-12-5-3-2-4-6-12/h2-8,11,15,22H,9-10H2,1H3,(H,21,23)(H,24,25)/t11-,15+/m1/s1. The van der Waals surface area contributed by atoms with E-state index >= 15 is 0 Å². The van der Waals surface area contributed by atoms with Crippen LogP contribution in [-0.4, -0.2) is 40.2 Å². The molecule has 140 valence electrons. The molecule has 3 rings (SSSR count). The highest BCUT2D eigenvalue weighted by molar-refractivity contribution is 6.04. The Kier molecular flexibility index (Phi) is 5.12. The summed E-state index contributed by atoms with van der Waals surface area (Å²) >= 11 is 0. The fourth-order valence-electron chi connectivity index (χ4n) is 3.09. The summed E-state index contributed by atoms with van der Waals surface area (Å²) in [6.45, 7) is 1.74. The van der Waals surface area contributed by atoms with Gasteiger partial charge in [0.15, 0.2) is 0 Å². The molecule has 3 N–H and O–H groups in total. The lowest BCUT2D eigenvalue weighted by Crippen LogP contribution is -2.42. The molecule has 0 aromatic heterocycles. The molecule has 7 nitrogen and oxygen atoms in total. The van der Waals surface area contributed by atoms with E-state index in [-0.39, 0.29) is 23.7 Å². The van der Waals surface area contributed by atoms with Crippen LogP contribution in [0.25, 0.3) is 0 Å². The number of aliphatic carboxylic acids is 1. The highest BCUT2D eigenvalue weighted by Crippen LogP contribution is 2.31. The molecule has 2 aromatic rings. The molecule has 1 aliphatic rings. The van der Waals surface area contributed by atoms with Gasteiger partial charge in [0.1, 0.15) is 23.5 Å². The van der Waals surface area contributed by atoms with Gasteiger partial charge in [0.05, 0.1) is 5.56 Å². The molecule has 7 heteroatoms. The summed E-state index contributed by atoms with van der Waals surface area (Å²) in [4.78, 5) is 36.1. The average molecular weight is 369 g/mol. The SMILES string of the molecule is C[C@@H]1Cc2ccc(C(=O)N[C@@H](Cc3ccccc3)C(=O)O)c(O)c2C(=O)O1. The van der Waals surface area contributed by atoms with Gasteiger partial charge >= 0.3 is 11.9 Å². The minimum absolute atomic E-state index is 0.0457. The van der Waals surface area contributed by atoms with Crippen LogP contribution in [0.1, 0.15) is 38.8 Å². The first-order valence-corrected chi connectivity index (χ1v) is 8.50. The second-order valence-electron chi connectivity index (χ2n) is 6.47. The molecule has 0 spiro atoms. The van der Waals surface area contributed by atoms with Crippen molar-refractivity contribution in [3.63, 3.8) is 0 Å². The number of fused-ring (bicyclic) bond motifs is 1. The number of esters is 1. The number of benzene rings is 2. The van der Waals surface area contributed by atoms with E-state index in [1.54, 1.807) is 37.3 Å². The Balaban J connectivity index is 1.84. The first kappa shape index (κ1) is 18.4. The van der Waals surface area contributed by atoms with Crippen molar-refractivity contribution in [3.8, 4) is 5.75 Å². The highest BCUT2D eigenvalue weighted by atomic mass is 16.5. The van der Waals surface area contributed by atoms with Crippen molar-refractivity contribution < 1.29 is 29.3 Å². The molecule has 0 aliphatic carbocycles. The molecular formula is C20H19NO6. The van der Waals surface area contributed by atoms with E-state index in [0.717, 1.165) is 5.56 Å². The number of carboxylic acids is 1. The topological polar surface area (TPSA) is 113 Å². The summed E-state index contributed by atoms with van der Waals surface area (Å²) in [5.74, 6) is -3.16. The number of carbonyl (C=O) groups is 3. The molecule has 2 atom stereocenters. The van der Waals surface area contributed by atoms with Crippen molar-refractivity contribution in [1.29, 1.82) is 0 Å². The number of ether oxygens (including phenoxy) is 1. The van der Waals surface area contributed by atoms with E-state index in [1.165, 1.54) is 6.07 Å². The number of amides is 1. The third kappa shape index (κ3) is 3.92. The van der Waals surface area contributed by atoms with Crippen LogP contribution in [0.3, 0.4) is 0 Å². The van der Waals surface area contributed by atoms with Crippen molar-refractivity contribution >= 4 is 17.8 Å². The molecule has 0 fully saturated rings. The molecule has 0 saturated carbocycles. The van der Waals surface area contributed by atoms with Crippen molar-refractivity contribution in [2.75, 3.05) is 0 Å². The molecule has 0 bridgehead atoms. The number of nitrogens with one attached hydrogen (secondary N) is 1. The lowest BCUT2D eigenvalue weighted by molar-refractivity contribution is -0.139. The number of cyclic esters (lactones) is 1. The third-order valence-corrected chi connectivity index (χ3v) is 4.41. The molecule has 1 amide bonds. The monoisotopic (exact) mass is 369 g/mol. The molecular weight excluding hydrogens is 350 g/mol. The minimum atomic E-state index is -1.20. The fraction of sp³-hybridized carbons (Fsp3) is 0.250. The number of phenols is 1. The number of hydrogen-bond acceptors (Lipinski definition) is 5. The summed E-state index contributed by atoms with van der Waals surface area (Å²) in [6, 6.07) is 10.7. The van der Waals surface area contributed by atoms with Crippen molar-refractivity contribution in [3.05, 3.63) is 64.7 Å². The molecule has 27 heavy (non-hydrogen) atoms. The van der Waals surface area contributed by atoms with Gasteiger partial charge in [-0.2, -0.15) is 0 Å². The summed E-state index contributed by atoms with van der Waals surface area (Å²) in [5, 5.41) is 22.2. The first-order valence-electron chi connectivity index (χ1n) is 8.50. The maximum atomic E-state index is 12.5. The maximum Gasteiger partial charge on any atom is 0.342 e. The van der Waals surface area contributed by atoms with Gasteiger partial charge < -0.3 is 20.3 Å². The largest absolute Gasteiger partial charge is 0.506 e. The molecule has 0 saturated heterocycles.